The maximum atomic E-state index is 13.3. The van der Waals surface area contributed by atoms with Crippen LogP contribution in [0.5, 0.6) is 0 Å². The van der Waals surface area contributed by atoms with Crippen molar-refractivity contribution >= 4 is 21.8 Å². The van der Waals surface area contributed by atoms with Crippen LogP contribution in [0, 0.1) is 5.82 Å². The molecular weight excluding hydrogens is 415 g/mol. The highest BCUT2D eigenvalue weighted by atomic mass is 79.9. The Morgan fingerprint density at radius 2 is 1.89 bits per heavy atom. The van der Waals surface area contributed by atoms with Gasteiger partial charge in [-0.05, 0) is 42.8 Å². The summed E-state index contributed by atoms with van der Waals surface area (Å²) in [6.07, 6.45) is 0.695. The molecule has 1 amide bonds. The molecule has 0 fully saturated rings. The van der Waals surface area contributed by atoms with Crippen LogP contribution in [-0.2, 0) is 4.74 Å². The van der Waals surface area contributed by atoms with Gasteiger partial charge in [0.05, 0.1) is 5.69 Å². The first kappa shape index (κ1) is 19.2. The fraction of sp³-hybridized carbons (Fsp3) is 0.211. The van der Waals surface area contributed by atoms with E-state index in [1.165, 1.54) is 16.8 Å². The van der Waals surface area contributed by atoms with Crippen molar-refractivity contribution in [2.24, 2.45) is 0 Å². The highest BCUT2D eigenvalue weighted by molar-refractivity contribution is 9.10. The third-order valence-electron chi connectivity index (χ3n) is 3.79. The lowest BCUT2D eigenvalue weighted by Gasteiger charge is -2.06. The quantitative estimate of drug-likeness (QED) is 0.579. The number of nitrogens with zero attached hydrogens (tertiary/aromatic N) is 3. The molecule has 1 heterocycles. The maximum absolute atomic E-state index is 13.3. The third kappa shape index (κ3) is 4.78. The van der Waals surface area contributed by atoms with E-state index in [9.17, 15) is 9.18 Å². The van der Waals surface area contributed by atoms with Crippen LogP contribution >= 0.6 is 15.9 Å². The molecule has 2 aromatic carbocycles. The molecule has 0 aliphatic rings. The van der Waals surface area contributed by atoms with Gasteiger partial charge in [-0.15, -0.1) is 5.10 Å². The van der Waals surface area contributed by atoms with Crippen molar-refractivity contribution < 1.29 is 13.9 Å². The molecule has 0 spiro atoms. The fourth-order valence-corrected chi connectivity index (χ4v) is 2.72. The summed E-state index contributed by atoms with van der Waals surface area (Å²) in [4.78, 5) is 16.8. The molecule has 1 aromatic heterocycles. The molecule has 0 bridgehead atoms. The van der Waals surface area contributed by atoms with E-state index < -0.39 is 0 Å². The summed E-state index contributed by atoms with van der Waals surface area (Å²) in [6.45, 7) is 1.02. The molecule has 0 saturated heterocycles. The summed E-state index contributed by atoms with van der Waals surface area (Å²) in [5.41, 5.74) is 1.40. The van der Waals surface area contributed by atoms with Gasteiger partial charge in [0.2, 0.25) is 5.82 Å². The van der Waals surface area contributed by atoms with Crippen molar-refractivity contribution in [1.82, 2.24) is 20.1 Å². The molecular formula is C19H18BrFN4O2. The van der Waals surface area contributed by atoms with E-state index in [2.05, 4.69) is 31.3 Å². The lowest BCUT2D eigenvalue weighted by molar-refractivity contribution is 0.0938. The molecule has 8 heteroatoms. The first-order chi connectivity index (χ1) is 13.1. The minimum Gasteiger partial charge on any atom is -0.385 e. The molecule has 0 atom stereocenters. The Kier molecular flexibility index (Phi) is 6.31. The minimum absolute atomic E-state index is 0.0506. The van der Waals surface area contributed by atoms with E-state index in [0.29, 0.717) is 31.1 Å². The zero-order valence-electron chi connectivity index (χ0n) is 14.7. The van der Waals surface area contributed by atoms with Crippen molar-refractivity contribution in [2.45, 2.75) is 6.42 Å². The zero-order chi connectivity index (χ0) is 19.2. The number of carbonyl (C=O) groups is 1. The molecule has 1 N–H and O–H groups in total. The molecule has 6 nitrogen and oxygen atoms in total. The molecule has 0 radical (unpaired) electrons. The highest BCUT2D eigenvalue weighted by Gasteiger charge is 2.18. The van der Waals surface area contributed by atoms with E-state index in [1.807, 2.05) is 24.3 Å². The number of aromatic nitrogens is 3. The SMILES string of the molecule is COCCCNC(=O)c1nc(-c2ccc(Br)cc2)n(-c2ccc(F)cc2)n1. The van der Waals surface area contributed by atoms with Crippen molar-refractivity contribution in [3.63, 3.8) is 0 Å². The fourth-order valence-electron chi connectivity index (χ4n) is 2.45. The molecule has 0 unspecified atom stereocenters. The number of hydrogen-bond acceptors (Lipinski definition) is 4. The molecule has 3 rings (SSSR count). The first-order valence-electron chi connectivity index (χ1n) is 8.34. The molecule has 0 aliphatic heterocycles. The second-order valence-electron chi connectivity index (χ2n) is 5.76. The summed E-state index contributed by atoms with van der Waals surface area (Å²) >= 11 is 3.40. The second-order valence-corrected chi connectivity index (χ2v) is 6.67. The van der Waals surface area contributed by atoms with E-state index in [-0.39, 0.29) is 17.5 Å². The number of methoxy groups -OCH3 is 1. The number of nitrogens with one attached hydrogen (secondary N) is 1. The van der Waals surface area contributed by atoms with Crippen LogP contribution in [0.25, 0.3) is 17.1 Å². The Labute approximate surface area is 164 Å². The van der Waals surface area contributed by atoms with E-state index in [0.717, 1.165) is 10.0 Å². The minimum atomic E-state index is -0.370. The van der Waals surface area contributed by atoms with Gasteiger partial charge >= 0.3 is 0 Å². The Bertz CT molecular complexity index is 847. The van der Waals surface area contributed by atoms with Gasteiger partial charge < -0.3 is 10.1 Å². The van der Waals surface area contributed by atoms with Gasteiger partial charge in [-0.2, -0.15) is 0 Å². The number of benzene rings is 2. The van der Waals surface area contributed by atoms with Gasteiger partial charge in [-0.1, -0.05) is 28.1 Å². The summed E-state index contributed by atoms with van der Waals surface area (Å²) in [6, 6.07) is 13.4. The topological polar surface area (TPSA) is 69.0 Å². The number of rotatable bonds is 7. The number of carbonyl (C=O) groups excluding carboxylic acids is 1. The summed E-state index contributed by atoms with van der Waals surface area (Å²) < 4.78 is 20.7. The number of ether oxygens (including phenoxy) is 1. The normalized spacial score (nSPS) is 10.8. The van der Waals surface area contributed by atoms with Gasteiger partial charge in [0.15, 0.2) is 5.82 Å². The van der Waals surface area contributed by atoms with Gasteiger partial charge in [0, 0.05) is 30.3 Å². The summed E-state index contributed by atoms with van der Waals surface area (Å²) in [7, 11) is 1.61. The Hall–Kier alpha value is -2.58. The van der Waals surface area contributed by atoms with Crippen molar-refractivity contribution in [3.8, 4) is 17.1 Å². The molecule has 0 saturated carbocycles. The average Bonchev–Trinajstić information content (AvgIpc) is 3.12. The largest absolute Gasteiger partial charge is 0.385 e. The van der Waals surface area contributed by atoms with Crippen LogP contribution in [0.3, 0.4) is 0 Å². The maximum Gasteiger partial charge on any atom is 0.290 e. The van der Waals surface area contributed by atoms with Crippen LogP contribution in [0.15, 0.2) is 53.0 Å². The van der Waals surface area contributed by atoms with Crippen molar-refractivity contribution in [2.75, 3.05) is 20.3 Å². The lowest BCUT2D eigenvalue weighted by atomic mass is 10.2. The second kappa shape index (κ2) is 8.88. The average molecular weight is 433 g/mol. The molecule has 27 heavy (non-hydrogen) atoms. The first-order valence-corrected chi connectivity index (χ1v) is 9.14. The van der Waals surface area contributed by atoms with E-state index in [1.54, 1.807) is 19.2 Å². The predicted molar refractivity (Wildman–Crippen MR) is 103 cm³/mol. The smallest absolute Gasteiger partial charge is 0.290 e. The third-order valence-corrected chi connectivity index (χ3v) is 4.32. The summed E-state index contributed by atoms with van der Waals surface area (Å²) in [5.74, 6) is -0.170. The molecule has 140 valence electrons. The van der Waals surface area contributed by atoms with E-state index >= 15 is 0 Å². The standard InChI is InChI=1S/C19H18BrFN4O2/c1-27-12-2-11-22-19(26)17-23-18(13-3-5-14(20)6-4-13)25(24-17)16-9-7-15(21)8-10-16/h3-10H,2,11-12H2,1H3,(H,22,26). The van der Waals surface area contributed by atoms with Gasteiger partial charge in [0.25, 0.3) is 5.91 Å². The Morgan fingerprint density at radius 1 is 1.19 bits per heavy atom. The molecule has 3 aromatic rings. The predicted octanol–water partition coefficient (Wildman–Crippen LogP) is 3.60. The van der Waals surface area contributed by atoms with Gasteiger partial charge in [-0.3, -0.25) is 4.79 Å². The van der Waals surface area contributed by atoms with Gasteiger partial charge in [0.1, 0.15) is 5.82 Å². The highest BCUT2D eigenvalue weighted by Crippen LogP contribution is 2.23. The Morgan fingerprint density at radius 3 is 2.56 bits per heavy atom. The Balaban J connectivity index is 1.94. The van der Waals surface area contributed by atoms with Crippen LogP contribution in [0.2, 0.25) is 0 Å². The van der Waals surface area contributed by atoms with Crippen LogP contribution in [-0.4, -0.2) is 40.9 Å². The van der Waals surface area contributed by atoms with E-state index in [4.69, 9.17) is 4.74 Å². The van der Waals surface area contributed by atoms with Crippen LogP contribution in [0.1, 0.15) is 17.0 Å². The monoisotopic (exact) mass is 432 g/mol. The number of amides is 1. The van der Waals surface area contributed by atoms with Crippen LogP contribution < -0.4 is 5.32 Å². The van der Waals surface area contributed by atoms with Crippen molar-refractivity contribution in [1.29, 1.82) is 0 Å². The summed E-state index contributed by atoms with van der Waals surface area (Å²) in [5, 5.41) is 7.11. The molecule has 0 aliphatic carbocycles. The zero-order valence-corrected chi connectivity index (χ0v) is 16.2. The lowest BCUT2D eigenvalue weighted by Crippen LogP contribution is -2.26. The van der Waals surface area contributed by atoms with Crippen molar-refractivity contribution in [3.05, 3.63) is 64.6 Å². The van der Waals surface area contributed by atoms with Gasteiger partial charge in [-0.25, -0.2) is 14.1 Å². The van der Waals surface area contributed by atoms with Crippen LogP contribution in [0.4, 0.5) is 4.39 Å². The number of hydrogen-bond donors (Lipinski definition) is 1. The number of halogens is 2.